The van der Waals surface area contributed by atoms with Crippen LogP contribution in [0.4, 0.5) is 4.79 Å². The average molecular weight is 301 g/mol. The molecule has 0 aliphatic rings. The lowest BCUT2D eigenvalue weighted by atomic mass is 10.1. The average Bonchev–Trinajstić information content (AvgIpc) is 2.32. The molecule has 0 unspecified atom stereocenters. The summed E-state index contributed by atoms with van der Waals surface area (Å²) >= 11 is 0. The Bertz CT molecular complexity index is 338. The van der Waals surface area contributed by atoms with E-state index in [1.54, 1.807) is 4.90 Å². The molecule has 0 spiro atoms. The lowest BCUT2D eigenvalue weighted by Crippen LogP contribution is -2.51. The van der Waals surface area contributed by atoms with Crippen molar-refractivity contribution in [3.63, 3.8) is 0 Å². The van der Waals surface area contributed by atoms with Gasteiger partial charge in [0, 0.05) is 24.7 Å². The number of aliphatic carboxylic acids is 1. The van der Waals surface area contributed by atoms with E-state index in [0.717, 1.165) is 13.0 Å². The Morgan fingerprint density at radius 1 is 1.19 bits per heavy atom. The minimum absolute atomic E-state index is 0.0409. The number of hydrogen-bond donors (Lipinski definition) is 2. The second-order valence-corrected chi connectivity index (χ2v) is 6.63. The van der Waals surface area contributed by atoms with Crippen LogP contribution in [0, 0.1) is 0 Å². The molecule has 21 heavy (non-hydrogen) atoms. The zero-order chi connectivity index (χ0) is 16.6. The van der Waals surface area contributed by atoms with E-state index in [-0.39, 0.29) is 19.0 Å². The highest BCUT2D eigenvalue weighted by atomic mass is 16.4. The molecule has 2 N–H and O–H groups in total. The van der Waals surface area contributed by atoms with Gasteiger partial charge in [-0.15, -0.1) is 0 Å². The van der Waals surface area contributed by atoms with Gasteiger partial charge in [0.2, 0.25) is 0 Å². The fraction of sp³-hybridized carbons (Fsp3) is 0.867. The van der Waals surface area contributed by atoms with Crippen LogP contribution in [0.5, 0.6) is 0 Å². The quantitative estimate of drug-likeness (QED) is 0.673. The predicted molar refractivity (Wildman–Crippen MR) is 84.5 cm³/mol. The Kier molecular flexibility index (Phi) is 8.32. The van der Waals surface area contributed by atoms with Crippen molar-refractivity contribution in [1.82, 2.24) is 15.1 Å². The molecule has 0 aromatic rings. The van der Waals surface area contributed by atoms with Crippen LogP contribution in [-0.4, -0.2) is 65.2 Å². The van der Waals surface area contributed by atoms with Crippen molar-refractivity contribution in [2.24, 2.45) is 0 Å². The van der Waals surface area contributed by atoms with Gasteiger partial charge >= 0.3 is 12.0 Å². The molecular formula is C15H31N3O3. The van der Waals surface area contributed by atoms with Crippen LogP contribution in [-0.2, 0) is 4.79 Å². The molecule has 0 aromatic heterocycles. The third kappa shape index (κ3) is 8.55. The van der Waals surface area contributed by atoms with Crippen LogP contribution < -0.4 is 5.32 Å². The highest BCUT2D eigenvalue weighted by molar-refractivity contribution is 5.76. The van der Waals surface area contributed by atoms with Gasteiger partial charge in [0.15, 0.2) is 0 Å². The molecule has 0 bridgehead atoms. The molecule has 0 saturated carbocycles. The molecule has 0 aromatic carbocycles. The van der Waals surface area contributed by atoms with Crippen LogP contribution in [0.2, 0.25) is 0 Å². The zero-order valence-corrected chi connectivity index (χ0v) is 14.3. The van der Waals surface area contributed by atoms with Crippen LogP contribution in [0.25, 0.3) is 0 Å². The fourth-order valence-electron chi connectivity index (χ4n) is 1.83. The molecule has 0 fully saturated rings. The van der Waals surface area contributed by atoms with Gasteiger partial charge in [0.25, 0.3) is 0 Å². The second kappa shape index (κ2) is 8.87. The largest absolute Gasteiger partial charge is 0.481 e. The van der Waals surface area contributed by atoms with E-state index in [1.807, 2.05) is 20.8 Å². The molecule has 0 atom stereocenters. The molecule has 0 heterocycles. The van der Waals surface area contributed by atoms with Gasteiger partial charge in [-0.2, -0.15) is 0 Å². The van der Waals surface area contributed by atoms with E-state index in [2.05, 4.69) is 31.1 Å². The van der Waals surface area contributed by atoms with Crippen LogP contribution in [0.3, 0.4) is 0 Å². The van der Waals surface area contributed by atoms with E-state index in [9.17, 15) is 9.59 Å². The molecule has 0 saturated heterocycles. The highest BCUT2D eigenvalue weighted by Gasteiger charge is 2.26. The van der Waals surface area contributed by atoms with Gasteiger partial charge in [-0.1, -0.05) is 0 Å². The summed E-state index contributed by atoms with van der Waals surface area (Å²) in [6.45, 7) is 11.7. The lowest BCUT2D eigenvalue weighted by Gasteiger charge is -2.35. The number of hydrogen-bond acceptors (Lipinski definition) is 3. The van der Waals surface area contributed by atoms with Crippen molar-refractivity contribution >= 4 is 12.0 Å². The maximum atomic E-state index is 12.2. The third-order valence-electron chi connectivity index (χ3n) is 3.45. The molecule has 0 aliphatic heterocycles. The normalized spacial score (nSPS) is 11.8. The minimum Gasteiger partial charge on any atom is -0.481 e. The number of urea groups is 1. The topological polar surface area (TPSA) is 72.9 Å². The molecule has 6 nitrogen and oxygen atoms in total. The number of nitrogens with zero attached hydrogens (tertiary/aromatic N) is 2. The molecule has 124 valence electrons. The fourth-order valence-corrected chi connectivity index (χ4v) is 1.83. The van der Waals surface area contributed by atoms with Gasteiger partial charge in [-0.25, -0.2) is 4.79 Å². The predicted octanol–water partition coefficient (Wildman–Crippen LogP) is 2.00. The van der Waals surface area contributed by atoms with E-state index < -0.39 is 11.5 Å². The number of nitrogens with one attached hydrogen (secondary N) is 1. The second-order valence-electron chi connectivity index (χ2n) is 6.63. The standard InChI is InChI=1S/C15H31N3O3/c1-12(2)17(6)10-7-9-16-14(21)18(15(3,4)5)11-8-13(19)20/h12H,7-11H2,1-6H3,(H,16,21)(H,19,20). The van der Waals surface area contributed by atoms with E-state index in [1.165, 1.54) is 0 Å². The first-order chi connectivity index (χ1) is 9.55. The van der Waals surface area contributed by atoms with Crippen molar-refractivity contribution in [3.05, 3.63) is 0 Å². The molecule has 6 heteroatoms. The van der Waals surface area contributed by atoms with Crippen LogP contribution >= 0.6 is 0 Å². The molecule has 0 rings (SSSR count). The molecule has 0 aliphatic carbocycles. The SMILES string of the molecule is CC(C)N(C)CCCNC(=O)N(CCC(=O)O)C(C)(C)C. The number of carboxylic acids is 1. The maximum absolute atomic E-state index is 12.2. The first kappa shape index (κ1) is 19.7. The van der Waals surface area contributed by atoms with Crippen molar-refractivity contribution in [1.29, 1.82) is 0 Å². The monoisotopic (exact) mass is 301 g/mol. The number of carboxylic acid groups (broad SMARTS) is 1. The lowest BCUT2D eigenvalue weighted by molar-refractivity contribution is -0.137. The number of carbonyl (C=O) groups excluding carboxylic acids is 1. The summed E-state index contributed by atoms with van der Waals surface area (Å²) in [6.07, 6.45) is 0.831. The van der Waals surface area contributed by atoms with Crippen molar-refractivity contribution in [2.75, 3.05) is 26.7 Å². The minimum atomic E-state index is -0.893. The summed E-state index contributed by atoms with van der Waals surface area (Å²) in [6, 6.07) is 0.290. The summed E-state index contributed by atoms with van der Waals surface area (Å²) in [5, 5.41) is 11.6. The Labute approximate surface area is 128 Å². The summed E-state index contributed by atoms with van der Waals surface area (Å²) in [5.41, 5.74) is -0.395. The Morgan fingerprint density at radius 3 is 2.19 bits per heavy atom. The van der Waals surface area contributed by atoms with Crippen LogP contribution in [0.1, 0.15) is 47.5 Å². The Morgan fingerprint density at radius 2 is 1.76 bits per heavy atom. The zero-order valence-electron chi connectivity index (χ0n) is 14.3. The van der Waals surface area contributed by atoms with Gasteiger partial charge in [-0.05, 0) is 54.6 Å². The van der Waals surface area contributed by atoms with Crippen molar-refractivity contribution < 1.29 is 14.7 Å². The van der Waals surface area contributed by atoms with Crippen molar-refractivity contribution in [3.8, 4) is 0 Å². The number of rotatable bonds is 8. The van der Waals surface area contributed by atoms with E-state index >= 15 is 0 Å². The first-order valence-corrected chi connectivity index (χ1v) is 7.53. The van der Waals surface area contributed by atoms with Gasteiger partial charge in [0.1, 0.15) is 0 Å². The molecule has 2 amide bonds. The first-order valence-electron chi connectivity index (χ1n) is 7.53. The van der Waals surface area contributed by atoms with E-state index in [0.29, 0.717) is 12.6 Å². The number of amides is 2. The molecule has 0 radical (unpaired) electrons. The summed E-state index contributed by atoms with van der Waals surface area (Å²) < 4.78 is 0. The van der Waals surface area contributed by atoms with Crippen LogP contribution in [0.15, 0.2) is 0 Å². The van der Waals surface area contributed by atoms with Gasteiger partial charge in [0.05, 0.1) is 6.42 Å². The summed E-state index contributed by atoms with van der Waals surface area (Å²) in [7, 11) is 2.06. The maximum Gasteiger partial charge on any atom is 0.317 e. The summed E-state index contributed by atoms with van der Waals surface area (Å²) in [4.78, 5) is 26.7. The smallest absolute Gasteiger partial charge is 0.317 e. The van der Waals surface area contributed by atoms with Crippen molar-refractivity contribution in [2.45, 2.75) is 59.0 Å². The van der Waals surface area contributed by atoms with Gasteiger partial charge < -0.3 is 20.2 Å². The Hall–Kier alpha value is -1.30. The van der Waals surface area contributed by atoms with E-state index in [4.69, 9.17) is 5.11 Å². The van der Waals surface area contributed by atoms with Gasteiger partial charge in [-0.3, -0.25) is 4.79 Å². The Balaban J connectivity index is 4.26. The summed E-state index contributed by atoms with van der Waals surface area (Å²) in [5.74, 6) is -0.893. The number of carbonyl (C=O) groups is 2. The molecular weight excluding hydrogens is 270 g/mol. The highest BCUT2D eigenvalue weighted by Crippen LogP contribution is 2.13. The third-order valence-corrected chi connectivity index (χ3v) is 3.45.